The molecule has 0 amide bonds. The number of halogens is 1. The topological polar surface area (TPSA) is 38.5 Å². The van der Waals surface area contributed by atoms with Crippen molar-refractivity contribution in [1.82, 2.24) is 0 Å². The van der Waals surface area contributed by atoms with Crippen LogP contribution in [0.5, 0.6) is 0 Å². The van der Waals surface area contributed by atoms with Gasteiger partial charge in [-0.1, -0.05) is 6.07 Å². The molecule has 0 saturated carbocycles. The van der Waals surface area contributed by atoms with Crippen molar-refractivity contribution in [3.05, 3.63) is 30.1 Å². The fraction of sp³-hybridized carbons (Fsp3) is 0.600. The van der Waals surface area contributed by atoms with Gasteiger partial charge < -0.3 is 15.4 Å². The summed E-state index contributed by atoms with van der Waals surface area (Å²) in [5.74, 6) is -0.207. The highest BCUT2D eigenvalue weighted by Gasteiger charge is 2.18. The second kappa shape index (κ2) is 7.46. The monoisotopic (exact) mass is 268 g/mol. The van der Waals surface area contributed by atoms with E-state index < -0.39 is 0 Å². The molecule has 0 bridgehead atoms. The van der Waals surface area contributed by atoms with Crippen molar-refractivity contribution in [2.24, 2.45) is 5.73 Å². The van der Waals surface area contributed by atoms with Crippen molar-refractivity contribution >= 4 is 5.69 Å². The van der Waals surface area contributed by atoms with E-state index in [1.807, 2.05) is 6.07 Å². The largest absolute Gasteiger partial charge is 0.379 e. The SMILES string of the molecule is COC(C)(C)CCN(CCCN)c1cccc(F)c1. The van der Waals surface area contributed by atoms with Gasteiger partial charge in [0, 0.05) is 25.9 Å². The second-order valence-electron chi connectivity index (χ2n) is 5.32. The minimum absolute atomic E-state index is 0.172. The van der Waals surface area contributed by atoms with Crippen LogP contribution in [0.2, 0.25) is 0 Å². The lowest BCUT2D eigenvalue weighted by Gasteiger charge is -2.30. The molecule has 0 aliphatic heterocycles. The summed E-state index contributed by atoms with van der Waals surface area (Å²) in [4.78, 5) is 2.16. The molecule has 0 radical (unpaired) electrons. The van der Waals surface area contributed by atoms with Crippen LogP contribution < -0.4 is 10.6 Å². The Hall–Kier alpha value is -1.13. The zero-order valence-corrected chi connectivity index (χ0v) is 12.2. The van der Waals surface area contributed by atoms with E-state index in [0.717, 1.165) is 31.6 Å². The highest BCUT2D eigenvalue weighted by molar-refractivity contribution is 5.46. The number of nitrogens with zero attached hydrogens (tertiary/aromatic N) is 1. The predicted molar refractivity (Wildman–Crippen MR) is 78.0 cm³/mol. The Bertz CT molecular complexity index is 382. The summed E-state index contributed by atoms with van der Waals surface area (Å²) in [7, 11) is 1.71. The van der Waals surface area contributed by atoms with Crippen LogP contribution in [0.15, 0.2) is 24.3 Å². The van der Waals surface area contributed by atoms with Gasteiger partial charge in [0.15, 0.2) is 0 Å². The van der Waals surface area contributed by atoms with Crippen molar-refractivity contribution < 1.29 is 9.13 Å². The fourth-order valence-corrected chi connectivity index (χ4v) is 1.83. The van der Waals surface area contributed by atoms with Gasteiger partial charge in [-0.05, 0) is 51.4 Å². The van der Waals surface area contributed by atoms with Crippen LogP contribution in [0.3, 0.4) is 0 Å². The van der Waals surface area contributed by atoms with E-state index in [0.29, 0.717) is 6.54 Å². The van der Waals surface area contributed by atoms with Crippen LogP contribution in [0, 0.1) is 5.82 Å². The number of hydrogen-bond donors (Lipinski definition) is 1. The molecule has 1 aromatic rings. The first-order valence-electron chi connectivity index (χ1n) is 6.74. The van der Waals surface area contributed by atoms with Crippen molar-refractivity contribution in [3.63, 3.8) is 0 Å². The van der Waals surface area contributed by atoms with Gasteiger partial charge in [0.1, 0.15) is 5.82 Å². The molecule has 0 aromatic heterocycles. The molecule has 0 aliphatic carbocycles. The molecule has 0 atom stereocenters. The Morgan fingerprint density at radius 1 is 1.32 bits per heavy atom. The van der Waals surface area contributed by atoms with E-state index in [9.17, 15) is 4.39 Å². The zero-order chi connectivity index (χ0) is 14.3. The third-order valence-corrected chi connectivity index (χ3v) is 3.34. The lowest BCUT2D eigenvalue weighted by Crippen LogP contribution is -2.33. The van der Waals surface area contributed by atoms with Crippen LogP contribution in [-0.2, 0) is 4.74 Å². The Kier molecular flexibility index (Phi) is 6.25. The fourth-order valence-electron chi connectivity index (χ4n) is 1.83. The predicted octanol–water partition coefficient (Wildman–Crippen LogP) is 2.80. The molecule has 3 nitrogen and oxygen atoms in total. The average molecular weight is 268 g/mol. The van der Waals surface area contributed by atoms with Gasteiger partial charge in [-0.25, -0.2) is 4.39 Å². The van der Waals surface area contributed by atoms with E-state index in [1.165, 1.54) is 6.07 Å². The number of anilines is 1. The number of hydrogen-bond acceptors (Lipinski definition) is 3. The first kappa shape index (κ1) is 15.9. The molecule has 4 heteroatoms. The van der Waals surface area contributed by atoms with E-state index in [1.54, 1.807) is 19.2 Å². The summed E-state index contributed by atoms with van der Waals surface area (Å²) in [5, 5.41) is 0. The summed E-state index contributed by atoms with van der Waals surface area (Å²) < 4.78 is 18.7. The van der Waals surface area contributed by atoms with Crippen molar-refractivity contribution in [2.75, 3.05) is 31.6 Å². The van der Waals surface area contributed by atoms with Gasteiger partial charge in [-0.2, -0.15) is 0 Å². The number of methoxy groups -OCH3 is 1. The maximum Gasteiger partial charge on any atom is 0.125 e. The highest BCUT2D eigenvalue weighted by atomic mass is 19.1. The van der Waals surface area contributed by atoms with Crippen LogP contribution in [0.4, 0.5) is 10.1 Å². The third kappa shape index (κ3) is 5.57. The van der Waals surface area contributed by atoms with Crippen molar-refractivity contribution in [2.45, 2.75) is 32.3 Å². The van der Waals surface area contributed by atoms with Crippen molar-refractivity contribution in [3.8, 4) is 0 Å². The number of benzene rings is 1. The molecule has 1 aromatic carbocycles. The molecule has 0 fully saturated rings. The average Bonchev–Trinajstić information content (AvgIpc) is 2.39. The minimum atomic E-state index is -0.207. The molecule has 19 heavy (non-hydrogen) atoms. The molecular formula is C15H25FN2O. The standard InChI is InChI=1S/C15H25FN2O/c1-15(2,19-3)8-11-18(10-5-9-17)14-7-4-6-13(16)12-14/h4,6-7,12H,5,8-11,17H2,1-3H3. The van der Waals surface area contributed by atoms with Gasteiger partial charge >= 0.3 is 0 Å². The molecule has 108 valence electrons. The van der Waals surface area contributed by atoms with E-state index in [-0.39, 0.29) is 11.4 Å². The summed E-state index contributed by atoms with van der Waals surface area (Å²) in [6, 6.07) is 6.70. The van der Waals surface area contributed by atoms with Crippen LogP contribution in [0.25, 0.3) is 0 Å². The number of nitrogens with two attached hydrogens (primary N) is 1. The van der Waals surface area contributed by atoms with Gasteiger partial charge in [-0.3, -0.25) is 0 Å². The van der Waals surface area contributed by atoms with E-state index >= 15 is 0 Å². The Labute approximate surface area is 115 Å². The second-order valence-corrected chi connectivity index (χ2v) is 5.32. The van der Waals surface area contributed by atoms with Gasteiger partial charge in [0.25, 0.3) is 0 Å². The highest BCUT2D eigenvalue weighted by Crippen LogP contribution is 2.20. The summed E-state index contributed by atoms with van der Waals surface area (Å²) >= 11 is 0. The maximum atomic E-state index is 13.3. The minimum Gasteiger partial charge on any atom is -0.379 e. The molecule has 0 saturated heterocycles. The molecular weight excluding hydrogens is 243 g/mol. The number of rotatable bonds is 8. The molecule has 0 heterocycles. The smallest absolute Gasteiger partial charge is 0.125 e. The van der Waals surface area contributed by atoms with E-state index in [2.05, 4.69) is 18.7 Å². The Morgan fingerprint density at radius 2 is 2.05 bits per heavy atom. The normalized spacial score (nSPS) is 11.6. The lowest BCUT2D eigenvalue weighted by molar-refractivity contribution is 0.0172. The third-order valence-electron chi connectivity index (χ3n) is 3.34. The lowest BCUT2D eigenvalue weighted by atomic mass is 10.0. The Morgan fingerprint density at radius 3 is 2.63 bits per heavy atom. The molecule has 0 unspecified atom stereocenters. The zero-order valence-electron chi connectivity index (χ0n) is 12.2. The number of ether oxygens (including phenoxy) is 1. The first-order chi connectivity index (χ1) is 8.98. The molecule has 0 spiro atoms. The van der Waals surface area contributed by atoms with Gasteiger partial charge in [0.05, 0.1) is 5.60 Å². The first-order valence-corrected chi connectivity index (χ1v) is 6.74. The van der Waals surface area contributed by atoms with Crippen LogP contribution >= 0.6 is 0 Å². The van der Waals surface area contributed by atoms with Crippen LogP contribution in [0.1, 0.15) is 26.7 Å². The maximum absolute atomic E-state index is 13.3. The Balaban J connectivity index is 2.71. The molecule has 1 rings (SSSR count). The van der Waals surface area contributed by atoms with E-state index in [4.69, 9.17) is 10.5 Å². The van der Waals surface area contributed by atoms with Gasteiger partial charge in [0.2, 0.25) is 0 Å². The summed E-state index contributed by atoms with van der Waals surface area (Å²) in [5.41, 5.74) is 6.30. The summed E-state index contributed by atoms with van der Waals surface area (Å²) in [6.45, 7) is 6.41. The molecule has 2 N–H and O–H groups in total. The summed E-state index contributed by atoms with van der Waals surface area (Å²) in [6.07, 6.45) is 1.77. The van der Waals surface area contributed by atoms with Crippen LogP contribution in [-0.4, -0.2) is 32.3 Å². The quantitative estimate of drug-likeness (QED) is 0.788. The van der Waals surface area contributed by atoms with Crippen molar-refractivity contribution in [1.29, 1.82) is 0 Å². The van der Waals surface area contributed by atoms with Gasteiger partial charge in [-0.15, -0.1) is 0 Å². The molecule has 0 aliphatic rings.